The van der Waals surface area contributed by atoms with Gasteiger partial charge in [-0.25, -0.2) is 0 Å². The molecule has 0 bridgehead atoms. The number of piperazine rings is 1. The number of rotatable bonds is 3. The van der Waals surface area contributed by atoms with E-state index in [1.165, 1.54) is 0 Å². The van der Waals surface area contributed by atoms with Gasteiger partial charge in [-0.2, -0.15) is 0 Å². The SMILES string of the molecule is CCN1CCN(C(=O)c2sccc2-c2ccccc2)CC1. The molecule has 0 spiro atoms. The Kier molecular flexibility index (Phi) is 4.36. The molecule has 0 unspecified atom stereocenters. The van der Waals surface area contributed by atoms with E-state index in [1.54, 1.807) is 11.3 Å². The highest BCUT2D eigenvalue weighted by molar-refractivity contribution is 7.12. The lowest BCUT2D eigenvalue weighted by atomic mass is 10.1. The molecule has 21 heavy (non-hydrogen) atoms. The zero-order valence-corrected chi connectivity index (χ0v) is 13.1. The maximum atomic E-state index is 12.8. The third kappa shape index (κ3) is 3.01. The first-order valence-electron chi connectivity index (χ1n) is 7.44. The average molecular weight is 300 g/mol. The van der Waals surface area contributed by atoms with Gasteiger partial charge in [-0.05, 0) is 23.6 Å². The van der Waals surface area contributed by atoms with Crippen LogP contribution >= 0.6 is 11.3 Å². The largest absolute Gasteiger partial charge is 0.335 e. The Morgan fingerprint density at radius 2 is 1.81 bits per heavy atom. The minimum absolute atomic E-state index is 0.180. The van der Waals surface area contributed by atoms with E-state index in [9.17, 15) is 4.79 Å². The molecule has 1 saturated heterocycles. The van der Waals surface area contributed by atoms with Crippen LogP contribution in [-0.2, 0) is 0 Å². The monoisotopic (exact) mass is 300 g/mol. The van der Waals surface area contributed by atoms with Crippen LogP contribution in [-0.4, -0.2) is 48.4 Å². The van der Waals surface area contributed by atoms with E-state index >= 15 is 0 Å². The van der Waals surface area contributed by atoms with Gasteiger partial charge in [0.25, 0.3) is 5.91 Å². The lowest BCUT2D eigenvalue weighted by Gasteiger charge is -2.34. The van der Waals surface area contributed by atoms with Crippen molar-refractivity contribution < 1.29 is 4.79 Å². The van der Waals surface area contributed by atoms with Crippen LogP contribution in [0.15, 0.2) is 41.8 Å². The number of hydrogen-bond acceptors (Lipinski definition) is 3. The van der Waals surface area contributed by atoms with E-state index in [4.69, 9.17) is 0 Å². The molecule has 1 amide bonds. The topological polar surface area (TPSA) is 23.6 Å². The summed E-state index contributed by atoms with van der Waals surface area (Å²) in [6.07, 6.45) is 0. The number of hydrogen-bond donors (Lipinski definition) is 0. The number of carbonyl (C=O) groups excluding carboxylic acids is 1. The van der Waals surface area contributed by atoms with Crippen LogP contribution in [0.5, 0.6) is 0 Å². The van der Waals surface area contributed by atoms with Crippen molar-refractivity contribution in [1.29, 1.82) is 0 Å². The van der Waals surface area contributed by atoms with E-state index in [0.717, 1.165) is 48.7 Å². The lowest BCUT2D eigenvalue weighted by Crippen LogP contribution is -2.48. The quantitative estimate of drug-likeness (QED) is 0.869. The van der Waals surface area contributed by atoms with Crippen molar-refractivity contribution in [3.8, 4) is 11.1 Å². The van der Waals surface area contributed by atoms with Crippen molar-refractivity contribution >= 4 is 17.2 Å². The van der Waals surface area contributed by atoms with Crippen molar-refractivity contribution in [2.24, 2.45) is 0 Å². The van der Waals surface area contributed by atoms with Crippen LogP contribution in [0.4, 0.5) is 0 Å². The Morgan fingerprint density at radius 3 is 2.48 bits per heavy atom. The molecule has 1 aliphatic heterocycles. The van der Waals surface area contributed by atoms with E-state index in [2.05, 4.69) is 30.0 Å². The van der Waals surface area contributed by atoms with Gasteiger partial charge in [0.1, 0.15) is 0 Å². The molecule has 1 aliphatic rings. The molecule has 2 heterocycles. The highest BCUT2D eigenvalue weighted by atomic mass is 32.1. The van der Waals surface area contributed by atoms with Gasteiger partial charge in [0.05, 0.1) is 4.88 Å². The number of benzene rings is 1. The van der Waals surface area contributed by atoms with Crippen LogP contribution in [0.25, 0.3) is 11.1 Å². The molecule has 0 radical (unpaired) electrons. The Labute approximate surface area is 129 Å². The van der Waals surface area contributed by atoms with Crippen LogP contribution in [0.2, 0.25) is 0 Å². The second-order valence-corrected chi connectivity index (χ2v) is 6.17. The standard InChI is InChI=1S/C17H20N2OS/c1-2-18-9-11-19(12-10-18)17(20)16-15(8-13-21-16)14-6-4-3-5-7-14/h3-8,13H,2,9-12H2,1H3. The summed E-state index contributed by atoms with van der Waals surface area (Å²) in [5.74, 6) is 0.180. The van der Waals surface area contributed by atoms with Crippen LogP contribution < -0.4 is 0 Å². The van der Waals surface area contributed by atoms with Gasteiger partial charge in [-0.15, -0.1) is 11.3 Å². The summed E-state index contributed by atoms with van der Waals surface area (Å²) in [6, 6.07) is 12.2. The molecule has 0 saturated carbocycles. The molecule has 0 aliphatic carbocycles. The molecule has 0 atom stereocenters. The summed E-state index contributed by atoms with van der Waals surface area (Å²) in [5.41, 5.74) is 2.18. The summed E-state index contributed by atoms with van der Waals surface area (Å²) < 4.78 is 0. The molecular formula is C17H20N2OS. The van der Waals surface area contributed by atoms with Gasteiger partial charge in [0.15, 0.2) is 0 Å². The Bertz CT molecular complexity index is 600. The van der Waals surface area contributed by atoms with E-state index < -0.39 is 0 Å². The summed E-state index contributed by atoms with van der Waals surface area (Å²) in [7, 11) is 0. The maximum Gasteiger partial charge on any atom is 0.264 e. The minimum atomic E-state index is 0.180. The zero-order chi connectivity index (χ0) is 14.7. The molecule has 1 aromatic heterocycles. The van der Waals surface area contributed by atoms with E-state index in [0.29, 0.717) is 0 Å². The maximum absolute atomic E-state index is 12.8. The molecule has 4 heteroatoms. The minimum Gasteiger partial charge on any atom is -0.335 e. The Balaban J connectivity index is 1.79. The Morgan fingerprint density at radius 1 is 1.10 bits per heavy atom. The van der Waals surface area contributed by atoms with Crippen LogP contribution in [0, 0.1) is 0 Å². The van der Waals surface area contributed by atoms with Crippen molar-refractivity contribution in [2.45, 2.75) is 6.92 Å². The summed E-state index contributed by atoms with van der Waals surface area (Å²) >= 11 is 1.55. The normalized spacial score (nSPS) is 16.1. The molecule has 3 rings (SSSR count). The predicted octanol–water partition coefficient (Wildman–Crippen LogP) is 3.19. The highest BCUT2D eigenvalue weighted by Crippen LogP contribution is 2.29. The van der Waals surface area contributed by atoms with Crippen molar-refractivity contribution in [2.75, 3.05) is 32.7 Å². The summed E-state index contributed by atoms with van der Waals surface area (Å²) in [5, 5.41) is 2.01. The molecule has 2 aromatic rings. The molecule has 110 valence electrons. The number of amides is 1. The lowest BCUT2D eigenvalue weighted by molar-refractivity contribution is 0.0649. The van der Waals surface area contributed by atoms with Gasteiger partial charge < -0.3 is 9.80 Å². The second kappa shape index (κ2) is 6.41. The second-order valence-electron chi connectivity index (χ2n) is 5.26. The molecule has 0 N–H and O–H groups in total. The van der Waals surface area contributed by atoms with E-state index in [1.807, 2.05) is 28.5 Å². The van der Waals surface area contributed by atoms with E-state index in [-0.39, 0.29) is 5.91 Å². The van der Waals surface area contributed by atoms with Crippen LogP contribution in [0.1, 0.15) is 16.6 Å². The first-order valence-corrected chi connectivity index (χ1v) is 8.32. The smallest absolute Gasteiger partial charge is 0.264 e. The van der Waals surface area contributed by atoms with Crippen molar-refractivity contribution in [1.82, 2.24) is 9.80 Å². The summed E-state index contributed by atoms with van der Waals surface area (Å²) in [6.45, 7) is 6.86. The summed E-state index contributed by atoms with van der Waals surface area (Å²) in [4.78, 5) is 18.0. The predicted molar refractivity (Wildman–Crippen MR) is 87.8 cm³/mol. The zero-order valence-electron chi connectivity index (χ0n) is 12.3. The first kappa shape index (κ1) is 14.3. The van der Waals surface area contributed by atoms with Gasteiger partial charge in [0.2, 0.25) is 0 Å². The van der Waals surface area contributed by atoms with Crippen molar-refractivity contribution in [3.63, 3.8) is 0 Å². The van der Waals surface area contributed by atoms with Gasteiger partial charge in [0, 0.05) is 31.7 Å². The Hall–Kier alpha value is -1.65. The highest BCUT2D eigenvalue weighted by Gasteiger charge is 2.24. The molecule has 1 aromatic carbocycles. The van der Waals surface area contributed by atoms with Crippen molar-refractivity contribution in [3.05, 3.63) is 46.7 Å². The fourth-order valence-corrected chi connectivity index (χ4v) is 3.61. The third-order valence-electron chi connectivity index (χ3n) is 4.05. The van der Waals surface area contributed by atoms with Crippen LogP contribution in [0.3, 0.4) is 0 Å². The number of carbonyl (C=O) groups is 1. The van der Waals surface area contributed by atoms with Gasteiger partial charge in [-0.3, -0.25) is 4.79 Å². The fraction of sp³-hybridized carbons (Fsp3) is 0.353. The number of likely N-dealkylation sites (N-methyl/N-ethyl adjacent to an activating group) is 1. The molecule has 1 fully saturated rings. The molecule has 3 nitrogen and oxygen atoms in total. The number of thiophene rings is 1. The fourth-order valence-electron chi connectivity index (χ4n) is 2.73. The third-order valence-corrected chi connectivity index (χ3v) is 4.95. The average Bonchev–Trinajstić information content (AvgIpc) is 3.04. The molecular weight excluding hydrogens is 280 g/mol. The van der Waals surface area contributed by atoms with Gasteiger partial charge >= 0.3 is 0 Å². The number of nitrogens with zero attached hydrogens (tertiary/aromatic N) is 2. The first-order chi connectivity index (χ1) is 10.3. The van der Waals surface area contributed by atoms with Gasteiger partial charge in [-0.1, -0.05) is 37.3 Å².